The van der Waals surface area contributed by atoms with E-state index in [4.69, 9.17) is 0 Å². The van der Waals surface area contributed by atoms with Gasteiger partial charge in [-0.2, -0.15) is 0 Å². The van der Waals surface area contributed by atoms with Gasteiger partial charge in [0.1, 0.15) is 5.82 Å². The Balaban J connectivity index is 2.06. The van der Waals surface area contributed by atoms with Gasteiger partial charge in [0.2, 0.25) is 0 Å². The number of rotatable bonds is 6. The van der Waals surface area contributed by atoms with E-state index in [0.717, 1.165) is 24.9 Å². The first kappa shape index (κ1) is 14.7. The van der Waals surface area contributed by atoms with Gasteiger partial charge in [0.15, 0.2) is 0 Å². The highest BCUT2D eigenvalue weighted by Gasteiger charge is 2.12. The molecule has 1 heterocycles. The lowest BCUT2D eigenvalue weighted by molar-refractivity contribution is 0.522. The molecule has 0 aliphatic heterocycles. The number of nitrogens with one attached hydrogen (secondary N) is 1. The van der Waals surface area contributed by atoms with Crippen LogP contribution in [0.5, 0.6) is 0 Å². The molecule has 0 aliphatic rings. The summed E-state index contributed by atoms with van der Waals surface area (Å²) in [6.45, 7) is 3.02. The molecular formula is C15H17BrFNS. The van der Waals surface area contributed by atoms with Crippen molar-refractivity contribution in [3.8, 4) is 0 Å². The van der Waals surface area contributed by atoms with Crippen LogP contribution in [0.3, 0.4) is 0 Å². The number of benzene rings is 1. The maximum atomic E-state index is 13.2. The number of thiophene rings is 1. The molecule has 1 unspecified atom stereocenters. The molecule has 1 nitrogen and oxygen atoms in total. The van der Waals surface area contributed by atoms with Gasteiger partial charge in [-0.25, -0.2) is 4.39 Å². The Hall–Kier alpha value is -0.710. The Labute approximate surface area is 126 Å². The molecule has 1 N–H and O–H groups in total. The summed E-state index contributed by atoms with van der Waals surface area (Å²) in [6.07, 6.45) is 1.80. The molecule has 2 rings (SSSR count). The molecule has 0 amide bonds. The molecule has 0 spiro atoms. The summed E-state index contributed by atoms with van der Waals surface area (Å²) in [4.78, 5) is 1.34. The lowest BCUT2D eigenvalue weighted by Crippen LogP contribution is -2.32. The minimum absolute atomic E-state index is 0.162. The molecule has 4 heteroatoms. The largest absolute Gasteiger partial charge is 0.314 e. The molecule has 19 heavy (non-hydrogen) atoms. The van der Waals surface area contributed by atoms with Crippen LogP contribution in [0, 0.1) is 5.82 Å². The molecule has 2 aromatic rings. The third kappa shape index (κ3) is 4.41. The lowest BCUT2D eigenvalue weighted by atomic mass is 10.0. The molecule has 0 radical (unpaired) electrons. The predicted molar refractivity (Wildman–Crippen MR) is 83.3 cm³/mol. The molecule has 1 atom stereocenters. The quantitative estimate of drug-likeness (QED) is 0.820. The van der Waals surface area contributed by atoms with Gasteiger partial charge >= 0.3 is 0 Å². The van der Waals surface area contributed by atoms with E-state index < -0.39 is 0 Å². The Morgan fingerprint density at radius 1 is 1.32 bits per heavy atom. The number of halogens is 2. The summed E-state index contributed by atoms with van der Waals surface area (Å²) in [5.74, 6) is -0.162. The monoisotopic (exact) mass is 341 g/mol. The first-order valence-electron chi connectivity index (χ1n) is 6.38. The number of hydrogen-bond donors (Lipinski definition) is 1. The van der Waals surface area contributed by atoms with Crippen LogP contribution in [0.25, 0.3) is 0 Å². The molecule has 0 bridgehead atoms. The van der Waals surface area contributed by atoms with Crippen molar-refractivity contribution in [2.75, 3.05) is 6.54 Å². The summed E-state index contributed by atoms with van der Waals surface area (Å²) in [6, 6.07) is 9.27. The highest BCUT2D eigenvalue weighted by Crippen LogP contribution is 2.24. The van der Waals surface area contributed by atoms with Crippen molar-refractivity contribution in [2.24, 2.45) is 0 Å². The second-order valence-electron chi connectivity index (χ2n) is 4.48. The maximum absolute atomic E-state index is 13.2. The van der Waals surface area contributed by atoms with Gasteiger partial charge in [-0.05, 0) is 64.5 Å². The predicted octanol–water partition coefficient (Wildman–Crippen LogP) is 4.41. The topological polar surface area (TPSA) is 12.0 Å². The summed E-state index contributed by atoms with van der Waals surface area (Å²) >= 11 is 5.32. The molecule has 0 aliphatic carbocycles. The Morgan fingerprint density at radius 2 is 2.16 bits per heavy atom. The first-order chi connectivity index (χ1) is 9.19. The minimum Gasteiger partial charge on any atom is -0.314 e. The van der Waals surface area contributed by atoms with E-state index in [9.17, 15) is 4.39 Å². The van der Waals surface area contributed by atoms with Gasteiger partial charge in [0.05, 0.1) is 0 Å². The van der Waals surface area contributed by atoms with Crippen molar-refractivity contribution in [1.29, 1.82) is 0 Å². The van der Waals surface area contributed by atoms with Crippen LogP contribution in [0.1, 0.15) is 17.4 Å². The average molecular weight is 342 g/mol. The summed E-state index contributed by atoms with van der Waals surface area (Å²) in [5.41, 5.74) is 1.04. The third-order valence-electron chi connectivity index (χ3n) is 2.99. The molecule has 0 saturated heterocycles. The number of hydrogen-bond acceptors (Lipinski definition) is 2. The standard InChI is InChI=1S/C15H17BrFNS/c1-2-18-13(10-15-14(16)6-7-19-15)9-11-4-3-5-12(17)8-11/h3-8,13,18H,2,9-10H2,1H3. The zero-order chi connectivity index (χ0) is 13.7. The summed E-state index contributed by atoms with van der Waals surface area (Å²) < 4.78 is 14.4. The second kappa shape index (κ2) is 7.17. The van der Waals surface area contributed by atoms with Crippen LogP contribution in [-0.4, -0.2) is 12.6 Å². The molecule has 0 fully saturated rings. The summed E-state index contributed by atoms with van der Waals surface area (Å²) in [5, 5.41) is 5.57. The van der Waals surface area contributed by atoms with E-state index in [2.05, 4.69) is 39.6 Å². The van der Waals surface area contributed by atoms with E-state index in [1.807, 2.05) is 6.07 Å². The van der Waals surface area contributed by atoms with Gasteiger partial charge in [0.25, 0.3) is 0 Å². The van der Waals surface area contributed by atoms with Crippen molar-refractivity contribution < 1.29 is 4.39 Å². The van der Waals surface area contributed by atoms with Crippen molar-refractivity contribution in [1.82, 2.24) is 5.32 Å². The van der Waals surface area contributed by atoms with Crippen molar-refractivity contribution >= 4 is 27.3 Å². The zero-order valence-corrected chi connectivity index (χ0v) is 13.2. The Kier molecular flexibility index (Phi) is 5.55. The Morgan fingerprint density at radius 3 is 2.79 bits per heavy atom. The van der Waals surface area contributed by atoms with Crippen LogP contribution >= 0.6 is 27.3 Å². The fourth-order valence-electron chi connectivity index (χ4n) is 2.15. The Bertz CT molecular complexity index is 526. The fraction of sp³-hybridized carbons (Fsp3) is 0.333. The number of likely N-dealkylation sites (N-methyl/N-ethyl adjacent to an activating group) is 1. The normalized spacial score (nSPS) is 12.6. The highest BCUT2D eigenvalue weighted by molar-refractivity contribution is 9.10. The van der Waals surface area contributed by atoms with Gasteiger partial charge in [-0.15, -0.1) is 11.3 Å². The summed E-state index contributed by atoms with van der Waals surface area (Å²) in [7, 11) is 0. The van der Waals surface area contributed by atoms with E-state index in [1.54, 1.807) is 23.5 Å². The first-order valence-corrected chi connectivity index (χ1v) is 8.06. The molecule has 0 saturated carbocycles. The van der Waals surface area contributed by atoms with Crippen molar-refractivity contribution in [3.05, 3.63) is 56.4 Å². The zero-order valence-electron chi connectivity index (χ0n) is 10.8. The third-order valence-corrected chi connectivity index (χ3v) is 4.94. The van der Waals surface area contributed by atoms with E-state index in [-0.39, 0.29) is 5.82 Å². The van der Waals surface area contributed by atoms with Crippen molar-refractivity contribution in [3.63, 3.8) is 0 Å². The molecular weight excluding hydrogens is 325 g/mol. The maximum Gasteiger partial charge on any atom is 0.123 e. The van der Waals surface area contributed by atoms with Gasteiger partial charge in [0, 0.05) is 15.4 Å². The fourth-order valence-corrected chi connectivity index (χ4v) is 3.74. The second-order valence-corrected chi connectivity index (χ2v) is 6.34. The van der Waals surface area contributed by atoms with E-state index in [1.165, 1.54) is 15.4 Å². The molecule has 1 aromatic heterocycles. The smallest absolute Gasteiger partial charge is 0.123 e. The van der Waals surface area contributed by atoms with Crippen LogP contribution in [0.2, 0.25) is 0 Å². The molecule has 102 valence electrons. The van der Waals surface area contributed by atoms with Crippen LogP contribution < -0.4 is 5.32 Å². The SMILES string of the molecule is CCNC(Cc1cccc(F)c1)Cc1sccc1Br. The van der Waals surface area contributed by atoms with Crippen molar-refractivity contribution in [2.45, 2.75) is 25.8 Å². The minimum atomic E-state index is -0.162. The highest BCUT2D eigenvalue weighted by atomic mass is 79.9. The molecule has 1 aromatic carbocycles. The van der Waals surface area contributed by atoms with E-state index >= 15 is 0 Å². The van der Waals surface area contributed by atoms with E-state index in [0.29, 0.717) is 6.04 Å². The van der Waals surface area contributed by atoms with Gasteiger partial charge < -0.3 is 5.32 Å². The van der Waals surface area contributed by atoms with Crippen LogP contribution in [0.15, 0.2) is 40.2 Å². The van der Waals surface area contributed by atoms with Gasteiger partial charge in [-0.1, -0.05) is 19.1 Å². The average Bonchev–Trinajstić information content (AvgIpc) is 2.75. The lowest BCUT2D eigenvalue weighted by Gasteiger charge is -2.17. The van der Waals surface area contributed by atoms with Crippen LogP contribution in [0.4, 0.5) is 4.39 Å². The van der Waals surface area contributed by atoms with Gasteiger partial charge in [-0.3, -0.25) is 0 Å². The van der Waals surface area contributed by atoms with Crippen LogP contribution in [-0.2, 0) is 12.8 Å².